The van der Waals surface area contributed by atoms with Crippen molar-refractivity contribution in [3.05, 3.63) is 12.2 Å². The fourth-order valence-electron chi connectivity index (χ4n) is 5.99. The van der Waals surface area contributed by atoms with Crippen molar-refractivity contribution in [2.75, 3.05) is 13.1 Å². The molecule has 4 N–H and O–H groups in total. The number of allylic oxidation sites excluding steroid dienone is 2. The maximum atomic E-state index is 13.0. The Bertz CT molecular complexity index is 752. The van der Waals surface area contributed by atoms with Crippen LogP contribution in [0.2, 0.25) is 0 Å². The highest BCUT2D eigenvalue weighted by Gasteiger charge is 2.20. The molecule has 2 amide bonds. The van der Waals surface area contributed by atoms with Gasteiger partial charge in [0.05, 0.1) is 5.84 Å². The summed E-state index contributed by atoms with van der Waals surface area (Å²) in [6, 6.07) is -0.550. The smallest absolute Gasteiger partial charge is 0.242 e. The van der Waals surface area contributed by atoms with Crippen LogP contribution in [0.1, 0.15) is 213 Å². The average molecular weight is 661 g/mol. The van der Waals surface area contributed by atoms with Crippen LogP contribution in [-0.2, 0) is 9.59 Å². The van der Waals surface area contributed by atoms with Gasteiger partial charge in [0.25, 0.3) is 0 Å². The third-order valence-electron chi connectivity index (χ3n) is 9.24. The Hall–Kier alpha value is -1.85. The van der Waals surface area contributed by atoms with E-state index in [9.17, 15) is 9.59 Å². The van der Waals surface area contributed by atoms with Gasteiger partial charge in [-0.2, -0.15) is 0 Å². The van der Waals surface area contributed by atoms with Gasteiger partial charge in [-0.05, 0) is 44.9 Å². The molecule has 0 aliphatic heterocycles. The van der Waals surface area contributed by atoms with E-state index in [1.54, 1.807) is 0 Å². The van der Waals surface area contributed by atoms with Crippen LogP contribution in [0.25, 0.3) is 0 Å². The Morgan fingerprint density at radius 1 is 0.596 bits per heavy atom. The van der Waals surface area contributed by atoms with Gasteiger partial charge in [-0.1, -0.05) is 168 Å². The monoisotopic (exact) mass is 661 g/mol. The molecule has 0 aromatic heterocycles. The fourth-order valence-corrected chi connectivity index (χ4v) is 5.99. The van der Waals surface area contributed by atoms with E-state index in [2.05, 4.69) is 41.6 Å². The molecular weight excluding hydrogens is 580 g/mol. The molecule has 0 aromatic rings. The summed E-state index contributed by atoms with van der Waals surface area (Å²) in [5.41, 5.74) is 5.86. The third kappa shape index (κ3) is 33.8. The SMILES string of the molecule is CCCCCCCC/C=C/CCCCCCCC(=O)NC(CCN=C(N)CC)C(=O)NCCCCCCCCCCCCCCCC. The second kappa shape index (κ2) is 37.0. The van der Waals surface area contributed by atoms with Crippen LogP contribution in [0.5, 0.6) is 0 Å². The summed E-state index contributed by atoms with van der Waals surface area (Å²) in [6.07, 6.45) is 40.9. The molecule has 6 nitrogen and oxygen atoms in total. The van der Waals surface area contributed by atoms with Gasteiger partial charge in [0, 0.05) is 25.9 Å². The lowest BCUT2D eigenvalue weighted by Crippen LogP contribution is -2.47. The second-order valence-electron chi connectivity index (χ2n) is 13.9. The highest BCUT2D eigenvalue weighted by molar-refractivity contribution is 5.87. The van der Waals surface area contributed by atoms with Crippen molar-refractivity contribution >= 4 is 17.6 Å². The van der Waals surface area contributed by atoms with Crippen LogP contribution in [0.3, 0.4) is 0 Å². The lowest BCUT2D eigenvalue weighted by molar-refractivity contribution is -0.129. The lowest BCUT2D eigenvalue weighted by Gasteiger charge is -2.18. The minimum Gasteiger partial charge on any atom is -0.387 e. The summed E-state index contributed by atoms with van der Waals surface area (Å²) < 4.78 is 0. The maximum Gasteiger partial charge on any atom is 0.242 e. The Balaban J connectivity index is 4.04. The van der Waals surface area contributed by atoms with E-state index in [-0.39, 0.29) is 11.8 Å². The highest BCUT2D eigenvalue weighted by atomic mass is 16.2. The van der Waals surface area contributed by atoms with Crippen molar-refractivity contribution < 1.29 is 9.59 Å². The number of carbonyl (C=O) groups is 2. The summed E-state index contributed by atoms with van der Waals surface area (Å²) in [7, 11) is 0. The van der Waals surface area contributed by atoms with E-state index < -0.39 is 6.04 Å². The van der Waals surface area contributed by atoms with Gasteiger partial charge in [0.1, 0.15) is 6.04 Å². The molecule has 1 unspecified atom stereocenters. The summed E-state index contributed by atoms with van der Waals surface area (Å²) in [5.74, 6) is 0.459. The zero-order chi connectivity index (χ0) is 34.5. The predicted molar refractivity (Wildman–Crippen MR) is 206 cm³/mol. The highest BCUT2D eigenvalue weighted by Crippen LogP contribution is 2.13. The van der Waals surface area contributed by atoms with Crippen LogP contribution in [-0.4, -0.2) is 36.8 Å². The van der Waals surface area contributed by atoms with E-state index in [1.165, 1.54) is 135 Å². The van der Waals surface area contributed by atoms with E-state index in [4.69, 9.17) is 5.73 Å². The Kier molecular flexibility index (Phi) is 35.5. The summed E-state index contributed by atoms with van der Waals surface area (Å²) in [6.45, 7) is 7.62. The standard InChI is InChI=1S/C41H80N4O2/c1-4-7-9-11-13-15-17-19-21-22-24-26-28-30-32-34-40(46)45-38(35-37-43-39(42)6-3)41(47)44-36-33-31-29-27-25-23-20-18-16-14-12-10-8-5-2/h19,21,38H,4-18,20,22-37H2,1-3H3,(H2,42,43)(H,44,47)(H,45,46)/b21-19+. The molecule has 0 saturated heterocycles. The normalized spacial score (nSPS) is 12.5. The van der Waals surface area contributed by atoms with E-state index >= 15 is 0 Å². The van der Waals surface area contributed by atoms with Gasteiger partial charge >= 0.3 is 0 Å². The molecule has 0 aromatic carbocycles. The number of nitrogens with one attached hydrogen (secondary N) is 2. The van der Waals surface area contributed by atoms with Crippen molar-refractivity contribution in [3.8, 4) is 0 Å². The van der Waals surface area contributed by atoms with Crippen LogP contribution in [0.4, 0.5) is 0 Å². The van der Waals surface area contributed by atoms with E-state index in [1.807, 2.05) is 6.92 Å². The van der Waals surface area contributed by atoms with Crippen LogP contribution >= 0.6 is 0 Å². The average Bonchev–Trinajstić information content (AvgIpc) is 3.07. The number of aliphatic imine (C=N–C) groups is 1. The first kappa shape index (κ1) is 45.2. The number of amidine groups is 1. The first-order valence-corrected chi connectivity index (χ1v) is 20.6. The first-order valence-electron chi connectivity index (χ1n) is 20.6. The zero-order valence-corrected chi connectivity index (χ0v) is 31.7. The van der Waals surface area contributed by atoms with E-state index in [0.29, 0.717) is 38.2 Å². The molecule has 0 heterocycles. The van der Waals surface area contributed by atoms with Crippen LogP contribution < -0.4 is 16.4 Å². The molecule has 47 heavy (non-hydrogen) atoms. The molecule has 0 aliphatic rings. The number of carbonyl (C=O) groups excluding carboxylic acids is 2. The minimum atomic E-state index is -0.550. The van der Waals surface area contributed by atoms with E-state index in [0.717, 1.165) is 38.5 Å². The van der Waals surface area contributed by atoms with Gasteiger partial charge < -0.3 is 16.4 Å². The summed E-state index contributed by atoms with van der Waals surface area (Å²) in [5, 5.41) is 6.06. The topological polar surface area (TPSA) is 96.6 Å². The molecule has 0 spiro atoms. The molecular formula is C41H80N4O2. The Morgan fingerprint density at radius 3 is 1.49 bits per heavy atom. The van der Waals surface area contributed by atoms with Crippen molar-refractivity contribution in [1.82, 2.24) is 10.6 Å². The van der Waals surface area contributed by atoms with Gasteiger partial charge in [-0.3, -0.25) is 14.6 Å². The predicted octanol–water partition coefficient (Wildman–Crippen LogP) is 11.3. The van der Waals surface area contributed by atoms with Gasteiger partial charge in [-0.15, -0.1) is 0 Å². The number of hydrogen-bond donors (Lipinski definition) is 3. The van der Waals surface area contributed by atoms with Gasteiger partial charge in [0.2, 0.25) is 11.8 Å². The zero-order valence-electron chi connectivity index (χ0n) is 31.7. The molecule has 0 rings (SSSR count). The number of nitrogens with zero attached hydrogens (tertiary/aromatic N) is 1. The van der Waals surface area contributed by atoms with Crippen molar-refractivity contribution in [2.45, 2.75) is 219 Å². The Labute approximate surface area is 292 Å². The summed E-state index contributed by atoms with van der Waals surface area (Å²) >= 11 is 0. The molecule has 276 valence electrons. The molecule has 0 bridgehead atoms. The maximum absolute atomic E-state index is 13.0. The van der Waals surface area contributed by atoms with Crippen LogP contribution in [0, 0.1) is 0 Å². The minimum absolute atomic E-state index is 0.0355. The van der Waals surface area contributed by atoms with Gasteiger partial charge in [0.15, 0.2) is 0 Å². The third-order valence-corrected chi connectivity index (χ3v) is 9.24. The molecule has 0 fully saturated rings. The first-order chi connectivity index (χ1) is 23.0. The number of hydrogen-bond acceptors (Lipinski definition) is 3. The second-order valence-corrected chi connectivity index (χ2v) is 13.9. The molecule has 0 saturated carbocycles. The Morgan fingerprint density at radius 2 is 1.02 bits per heavy atom. The number of rotatable bonds is 36. The van der Waals surface area contributed by atoms with Crippen molar-refractivity contribution in [2.24, 2.45) is 10.7 Å². The quantitative estimate of drug-likeness (QED) is 0.0270. The lowest BCUT2D eigenvalue weighted by atomic mass is 10.0. The van der Waals surface area contributed by atoms with Crippen molar-refractivity contribution in [1.29, 1.82) is 0 Å². The largest absolute Gasteiger partial charge is 0.387 e. The number of amides is 2. The molecule has 0 aliphatic carbocycles. The van der Waals surface area contributed by atoms with Gasteiger partial charge in [-0.25, -0.2) is 0 Å². The molecule has 1 atom stereocenters. The number of nitrogens with two attached hydrogens (primary N) is 1. The molecule has 0 radical (unpaired) electrons. The fraction of sp³-hybridized carbons (Fsp3) is 0.878. The van der Waals surface area contributed by atoms with Crippen LogP contribution in [0.15, 0.2) is 17.1 Å². The van der Waals surface area contributed by atoms with Crippen molar-refractivity contribution in [3.63, 3.8) is 0 Å². The summed E-state index contributed by atoms with van der Waals surface area (Å²) in [4.78, 5) is 30.0. The number of unbranched alkanes of at least 4 members (excludes halogenated alkanes) is 24. The molecule has 6 heteroatoms.